The second kappa shape index (κ2) is 4.42. The summed E-state index contributed by atoms with van der Waals surface area (Å²) >= 11 is 0. The lowest BCUT2D eigenvalue weighted by atomic mass is 10.2. The molecule has 13 heavy (non-hydrogen) atoms. The highest BCUT2D eigenvalue weighted by molar-refractivity contribution is 5.74. The second-order valence-electron chi connectivity index (χ2n) is 2.84. The third-order valence-electron chi connectivity index (χ3n) is 2.08. The predicted molar refractivity (Wildman–Crippen MR) is 44.4 cm³/mol. The van der Waals surface area contributed by atoms with Crippen molar-refractivity contribution in [2.24, 2.45) is 10.4 Å². The van der Waals surface area contributed by atoms with Gasteiger partial charge in [0, 0.05) is 10.0 Å². The van der Waals surface area contributed by atoms with Crippen LogP contribution in [0.1, 0.15) is 25.7 Å². The molecule has 0 aromatic heterocycles. The average Bonchev–Trinajstić information content (AvgIpc) is 2.59. The van der Waals surface area contributed by atoms with Gasteiger partial charge in [-0.3, -0.25) is 4.79 Å². The molecule has 0 bridgehead atoms. The number of nitrogens with zero attached hydrogens (tertiary/aromatic N) is 5. The number of hydrogen-bond acceptors (Lipinski definition) is 3. The van der Waals surface area contributed by atoms with Gasteiger partial charge in [0.15, 0.2) is 0 Å². The maximum atomic E-state index is 11.0. The van der Waals surface area contributed by atoms with Gasteiger partial charge < -0.3 is 0 Å². The summed E-state index contributed by atoms with van der Waals surface area (Å²) in [4.78, 5) is 23.6. The van der Waals surface area contributed by atoms with Gasteiger partial charge in [0.05, 0.1) is 11.3 Å². The molecule has 0 spiro atoms. The van der Waals surface area contributed by atoms with Crippen molar-refractivity contribution in [3.63, 3.8) is 0 Å². The Morgan fingerprint density at radius 2 is 2.08 bits per heavy atom. The molecule has 0 aliphatic heterocycles. The summed E-state index contributed by atoms with van der Waals surface area (Å²) in [5, 5.41) is 6.10. The van der Waals surface area contributed by atoms with Crippen LogP contribution in [0.15, 0.2) is 10.4 Å². The summed E-state index contributed by atoms with van der Waals surface area (Å²) in [6.45, 7) is 0. The molecule has 1 aliphatic carbocycles. The standard InChI is InChI=1S/C6H9N5O2/c7-9-8-6(12)11(10-13)5-3-1-2-4-5/h5H,1-4H2. The molecule has 0 radical (unpaired) electrons. The zero-order valence-electron chi connectivity index (χ0n) is 6.96. The smallest absolute Gasteiger partial charge is 0.265 e. The van der Waals surface area contributed by atoms with E-state index in [2.05, 4.69) is 15.3 Å². The van der Waals surface area contributed by atoms with Crippen molar-refractivity contribution in [2.45, 2.75) is 31.7 Å². The fourth-order valence-corrected chi connectivity index (χ4v) is 1.49. The van der Waals surface area contributed by atoms with E-state index in [0.717, 1.165) is 30.7 Å². The number of carbonyl (C=O) groups excluding carboxylic acids is 1. The normalized spacial score (nSPS) is 16.3. The van der Waals surface area contributed by atoms with Crippen LogP contribution in [-0.4, -0.2) is 17.1 Å². The van der Waals surface area contributed by atoms with Crippen molar-refractivity contribution < 1.29 is 4.79 Å². The first-order valence-corrected chi connectivity index (χ1v) is 4.01. The second-order valence-corrected chi connectivity index (χ2v) is 2.84. The monoisotopic (exact) mass is 183 g/mol. The average molecular weight is 183 g/mol. The summed E-state index contributed by atoms with van der Waals surface area (Å²) in [5.41, 5.74) is 7.99. The summed E-state index contributed by atoms with van der Waals surface area (Å²) in [6.07, 6.45) is 3.44. The molecular weight excluding hydrogens is 174 g/mol. The van der Waals surface area contributed by atoms with E-state index in [1.54, 1.807) is 0 Å². The Hall–Kier alpha value is -1.62. The molecule has 70 valence electrons. The maximum Gasteiger partial charge on any atom is 0.333 e. The minimum absolute atomic E-state index is 0.185. The van der Waals surface area contributed by atoms with Gasteiger partial charge in [0.1, 0.15) is 0 Å². The molecular formula is C6H9N5O2. The van der Waals surface area contributed by atoms with Gasteiger partial charge in [0.2, 0.25) is 0 Å². The van der Waals surface area contributed by atoms with Crippen LogP contribution in [-0.2, 0) is 0 Å². The molecule has 7 nitrogen and oxygen atoms in total. The van der Waals surface area contributed by atoms with Crippen molar-refractivity contribution in [3.8, 4) is 0 Å². The van der Waals surface area contributed by atoms with Crippen LogP contribution in [0, 0.1) is 4.91 Å². The number of hydrogen-bond donors (Lipinski definition) is 0. The van der Waals surface area contributed by atoms with Crippen LogP contribution in [0.4, 0.5) is 4.79 Å². The van der Waals surface area contributed by atoms with Crippen LogP contribution in [0.2, 0.25) is 0 Å². The predicted octanol–water partition coefficient (Wildman–Crippen LogP) is 2.34. The van der Waals surface area contributed by atoms with Gasteiger partial charge in [-0.2, -0.15) is 5.01 Å². The van der Waals surface area contributed by atoms with Gasteiger partial charge in [-0.15, -0.1) is 4.91 Å². The lowest BCUT2D eigenvalue weighted by Crippen LogP contribution is -2.31. The molecule has 1 rings (SSSR count). The molecule has 0 aromatic rings. The highest BCUT2D eigenvalue weighted by Crippen LogP contribution is 2.24. The molecule has 1 aliphatic rings. The molecule has 0 heterocycles. The third-order valence-corrected chi connectivity index (χ3v) is 2.08. The first kappa shape index (κ1) is 9.47. The van der Waals surface area contributed by atoms with Crippen molar-refractivity contribution in [1.29, 1.82) is 0 Å². The topological polar surface area (TPSA) is 98.5 Å². The number of rotatable bonds is 2. The fourth-order valence-electron chi connectivity index (χ4n) is 1.49. The Morgan fingerprint density at radius 3 is 2.54 bits per heavy atom. The van der Waals surface area contributed by atoms with Crippen molar-refractivity contribution in [3.05, 3.63) is 15.3 Å². The van der Waals surface area contributed by atoms with Crippen LogP contribution in [0.25, 0.3) is 10.4 Å². The number of nitroso groups, excluding NO2 is 1. The molecule has 0 N–H and O–H groups in total. The molecule has 7 heteroatoms. The zero-order valence-corrected chi connectivity index (χ0v) is 6.96. The Kier molecular flexibility index (Phi) is 3.22. The molecule has 0 aromatic carbocycles. The maximum absolute atomic E-state index is 11.0. The van der Waals surface area contributed by atoms with Crippen LogP contribution in [0.3, 0.4) is 0 Å². The quantitative estimate of drug-likeness (QED) is 0.216. The largest absolute Gasteiger partial charge is 0.333 e. The van der Waals surface area contributed by atoms with E-state index < -0.39 is 6.03 Å². The van der Waals surface area contributed by atoms with E-state index >= 15 is 0 Å². The van der Waals surface area contributed by atoms with E-state index in [1.807, 2.05) is 0 Å². The number of amides is 2. The van der Waals surface area contributed by atoms with Gasteiger partial charge in [-0.1, -0.05) is 12.8 Å². The van der Waals surface area contributed by atoms with Crippen molar-refractivity contribution in [1.82, 2.24) is 5.01 Å². The third kappa shape index (κ3) is 2.16. The van der Waals surface area contributed by atoms with E-state index in [-0.39, 0.29) is 6.04 Å². The molecule has 0 unspecified atom stereocenters. The van der Waals surface area contributed by atoms with E-state index in [9.17, 15) is 9.70 Å². The Balaban J connectivity index is 2.65. The van der Waals surface area contributed by atoms with Gasteiger partial charge in [-0.05, 0) is 18.4 Å². The fraction of sp³-hybridized carbons (Fsp3) is 0.833. The summed E-state index contributed by atoms with van der Waals surface area (Å²) < 4.78 is 0. The first-order chi connectivity index (χ1) is 6.29. The molecule has 0 saturated heterocycles. The Morgan fingerprint density at radius 1 is 1.46 bits per heavy atom. The number of carbonyl (C=O) groups is 1. The highest BCUT2D eigenvalue weighted by Gasteiger charge is 2.26. The van der Waals surface area contributed by atoms with E-state index in [0.29, 0.717) is 0 Å². The zero-order chi connectivity index (χ0) is 9.68. The SMILES string of the molecule is [N-]=[N+]=NC(=O)N(N=O)C1CCCC1. The Bertz CT molecular complexity index is 254. The minimum Gasteiger partial charge on any atom is -0.265 e. The molecule has 0 atom stereocenters. The first-order valence-electron chi connectivity index (χ1n) is 4.01. The van der Waals surface area contributed by atoms with Gasteiger partial charge >= 0.3 is 6.03 Å². The highest BCUT2D eigenvalue weighted by atomic mass is 16.3. The summed E-state index contributed by atoms with van der Waals surface area (Å²) in [6, 6.07) is -1.10. The van der Waals surface area contributed by atoms with Crippen LogP contribution in [0.5, 0.6) is 0 Å². The Labute approximate surface area is 74.3 Å². The van der Waals surface area contributed by atoms with E-state index in [1.165, 1.54) is 0 Å². The van der Waals surface area contributed by atoms with Crippen molar-refractivity contribution >= 4 is 6.03 Å². The minimum atomic E-state index is -0.913. The molecule has 1 saturated carbocycles. The molecule has 2 amide bonds. The van der Waals surface area contributed by atoms with Crippen LogP contribution >= 0.6 is 0 Å². The van der Waals surface area contributed by atoms with Gasteiger partial charge in [0.25, 0.3) is 0 Å². The van der Waals surface area contributed by atoms with Crippen molar-refractivity contribution in [2.75, 3.05) is 0 Å². The van der Waals surface area contributed by atoms with Gasteiger partial charge in [-0.25, -0.2) is 0 Å². The lowest BCUT2D eigenvalue weighted by Gasteiger charge is -2.17. The number of urea groups is 1. The summed E-state index contributed by atoms with van der Waals surface area (Å²) in [7, 11) is 0. The number of azide groups is 1. The van der Waals surface area contributed by atoms with E-state index in [4.69, 9.17) is 5.53 Å². The summed E-state index contributed by atoms with van der Waals surface area (Å²) in [5.74, 6) is 0. The lowest BCUT2D eigenvalue weighted by molar-refractivity contribution is 0.186. The molecule has 1 fully saturated rings. The van der Waals surface area contributed by atoms with Crippen LogP contribution < -0.4 is 0 Å².